The minimum Gasteiger partial charge on any atom is -0.378 e. The van der Waals surface area contributed by atoms with E-state index < -0.39 is 0 Å². The fraction of sp³-hybridized carbons (Fsp3) is 0.750. The molecule has 2 aliphatic rings. The van der Waals surface area contributed by atoms with Crippen molar-refractivity contribution < 1.29 is 9.53 Å². The van der Waals surface area contributed by atoms with E-state index in [-0.39, 0.29) is 5.91 Å². The number of nitrogens with zero attached hydrogens (tertiary/aromatic N) is 5. The quantitative estimate of drug-likeness (QED) is 0.515. The molecule has 0 aromatic carbocycles. The number of thiazole rings is 1. The van der Waals surface area contributed by atoms with Gasteiger partial charge < -0.3 is 19.9 Å². The zero-order valence-corrected chi connectivity index (χ0v) is 18.5. The molecule has 0 aliphatic carbocycles. The van der Waals surface area contributed by atoms with Crippen LogP contribution in [0.5, 0.6) is 0 Å². The van der Waals surface area contributed by atoms with Gasteiger partial charge in [-0.05, 0) is 13.3 Å². The minimum absolute atomic E-state index is 0.220. The molecule has 1 amide bonds. The Kier molecular flexibility index (Phi) is 8.69. The molecule has 0 bridgehead atoms. The van der Waals surface area contributed by atoms with E-state index in [1.165, 1.54) is 4.88 Å². The zero-order chi connectivity index (χ0) is 20.5. The summed E-state index contributed by atoms with van der Waals surface area (Å²) in [4.78, 5) is 29.6. The molecular formula is C20H34N6O2S. The number of aliphatic imine (C=N–C) groups is 1. The Hall–Kier alpha value is -1.71. The average molecular weight is 423 g/mol. The van der Waals surface area contributed by atoms with Gasteiger partial charge in [-0.1, -0.05) is 6.92 Å². The maximum atomic E-state index is 12.5. The van der Waals surface area contributed by atoms with E-state index in [4.69, 9.17) is 9.73 Å². The van der Waals surface area contributed by atoms with Gasteiger partial charge in [0.05, 0.1) is 24.8 Å². The smallest absolute Gasteiger partial charge is 0.236 e. The SMILES string of the molecule is CCNC(=NCCc1ncc(CC)s1)N1CCN(CC(=O)N2CCOCC2)CC1. The van der Waals surface area contributed by atoms with Crippen molar-refractivity contribution in [2.45, 2.75) is 26.7 Å². The highest BCUT2D eigenvalue weighted by atomic mass is 32.1. The van der Waals surface area contributed by atoms with E-state index >= 15 is 0 Å². The molecule has 8 nitrogen and oxygen atoms in total. The van der Waals surface area contributed by atoms with E-state index in [9.17, 15) is 4.79 Å². The molecule has 0 spiro atoms. The number of aromatic nitrogens is 1. The van der Waals surface area contributed by atoms with Crippen molar-refractivity contribution >= 4 is 23.2 Å². The number of aryl methyl sites for hydroxylation is 1. The van der Waals surface area contributed by atoms with Crippen LogP contribution in [-0.4, -0.2) is 104 Å². The number of morpholine rings is 1. The molecule has 3 heterocycles. The lowest BCUT2D eigenvalue weighted by atomic mass is 10.3. The number of hydrogen-bond acceptors (Lipinski definition) is 6. The molecule has 1 aromatic heterocycles. The van der Waals surface area contributed by atoms with Crippen LogP contribution >= 0.6 is 11.3 Å². The Morgan fingerprint density at radius 1 is 1.17 bits per heavy atom. The summed E-state index contributed by atoms with van der Waals surface area (Å²) < 4.78 is 5.33. The molecule has 29 heavy (non-hydrogen) atoms. The van der Waals surface area contributed by atoms with Gasteiger partial charge in [-0.2, -0.15) is 0 Å². The summed E-state index contributed by atoms with van der Waals surface area (Å²) in [6, 6.07) is 0. The molecule has 0 radical (unpaired) electrons. The van der Waals surface area contributed by atoms with Crippen LogP contribution < -0.4 is 5.32 Å². The molecule has 1 N–H and O–H groups in total. The Morgan fingerprint density at radius 3 is 2.59 bits per heavy atom. The molecule has 9 heteroatoms. The maximum Gasteiger partial charge on any atom is 0.236 e. The Bertz CT molecular complexity index is 666. The van der Waals surface area contributed by atoms with Gasteiger partial charge in [0, 0.05) is 69.9 Å². The first-order valence-electron chi connectivity index (χ1n) is 10.7. The molecule has 0 saturated carbocycles. The lowest BCUT2D eigenvalue weighted by Crippen LogP contribution is -2.55. The van der Waals surface area contributed by atoms with Crippen LogP contribution in [0.1, 0.15) is 23.7 Å². The highest BCUT2D eigenvalue weighted by Crippen LogP contribution is 2.14. The van der Waals surface area contributed by atoms with Crippen LogP contribution in [0.25, 0.3) is 0 Å². The van der Waals surface area contributed by atoms with Gasteiger partial charge in [0.2, 0.25) is 5.91 Å². The fourth-order valence-corrected chi connectivity index (χ4v) is 4.38. The minimum atomic E-state index is 0.220. The molecule has 2 aliphatic heterocycles. The molecule has 2 fully saturated rings. The second-order valence-electron chi connectivity index (χ2n) is 7.32. The van der Waals surface area contributed by atoms with Crippen molar-refractivity contribution in [3.63, 3.8) is 0 Å². The third-order valence-electron chi connectivity index (χ3n) is 5.27. The second-order valence-corrected chi connectivity index (χ2v) is 8.52. The maximum absolute atomic E-state index is 12.5. The van der Waals surface area contributed by atoms with E-state index in [2.05, 4.69) is 33.9 Å². The zero-order valence-electron chi connectivity index (χ0n) is 17.7. The topological polar surface area (TPSA) is 73.3 Å². The van der Waals surface area contributed by atoms with Crippen molar-refractivity contribution in [2.24, 2.45) is 4.99 Å². The van der Waals surface area contributed by atoms with Crippen LogP contribution in [0.3, 0.4) is 0 Å². The molecule has 0 atom stereocenters. The number of guanidine groups is 1. The highest BCUT2D eigenvalue weighted by molar-refractivity contribution is 7.11. The first-order chi connectivity index (χ1) is 14.2. The Labute approximate surface area is 177 Å². The van der Waals surface area contributed by atoms with Gasteiger partial charge in [-0.3, -0.25) is 14.7 Å². The lowest BCUT2D eigenvalue weighted by Gasteiger charge is -2.37. The standard InChI is InChI=1S/C20H34N6O2S/c1-3-17-15-23-18(29-17)5-6-22-20(21-4-2)26-9-7-24(8-10-26)16-19(27)25-11-13-28-14-12-25/h15H,3-14,16H2,1-2H3,(H,21,22). The van der Waals surface area contributed by atoms with Gasteiger partial charge in [-0.15, -0.1) is 11.3 Å². The number of rotatable bonds is 7. The highest BCUT2D eigenvalue weighted by Gasteiger charge is 2.24. The first-order valence-corrected chi connectivity index (χ1v) is 11.6. The third-order valence-corrected chi connectivity index (χ3v) is 6.47. The molecule has 0 unspecified atom stereocenters. The summed E-state index contributed by atoms with van der Waals surface area (Å²) in [5.74, 6) is 1.19. The van der Waals surface area contributed by atoms with Crippen LogP contribution in [0.15, 0.2) is 11.2 Å². The number of piperazine rings is 1. The van der Waals surface area contributed by atoms with Gasteiger partial charge in [0.25, 0.3) is 0 Å². The van der Waals surface area contributed by atoms with Crippen molar-refractivity contribution in [3.8, 4) is 0 Å². The molecule has 1 aromatic rings. The van der Waals surface area contributed by atoms with Crippen LogP contribution in [0.4, 0.5) is 0 Å². The van der Waals surface area contributed by atoms with Crippen molar-refractivity contribution in [1.82, 2.24) is 25.0 Å². The number of hydrogen-bond donors (Lipinski definition) is 1. The van der Waals surface area contributed by atoms with Gasteiger partial charge in [0.1, 0.15) is 0 Å². The van der Waals surface area contributed by atoms with E-state index in [0.717, 1.165) is 76.2 Å². The Morgan fingerprint density at radius 2 is 1.93 bits per heavy atom. The second kappa shape index (κ2) is 11.5. The predicted molar refractivity (Wildman–Crippen MR) is 117 cm³/mol. The van der Waals surface area contributed by atoms with E-state index in [1.807, 2.05) is 11.1 Å². The predicted octanol–water partition coefficient (Wildman–Crippen LogP) is 0.690. The number of nitrogens with one attached hydrogen (secondary N) is 1. The molecule has 2 saturated heterocycles. The summed E-state index contributed by atoms with van der Waals surface area (Å²) in [6.45, 7) is 12.6. The molecular weight excluding hydrogens is 388 g/mol. The molecule has 3 rings (SSSR count). The number of carbonyl (C=O) groups is 1. The summed E-state index contributed by atoms with van der Waals surface area (Å²) in [6.07, 6.45) is 3.90. The summed E-state index contributed by atoms with van der Waals surface area (Å²) in [5, 5.41) is 4.57. The molecule has 162 valence electrons. The summed E-state index contributed by atoms with van der Waals surface area (Å²) >= 11 is 1.79. The van der Waals surface area contributed by atoms with E-state index in [0.29, 0.717) is 19.8 Å². The fourth-order valence-electron chi connectivity index (χ4n) is 3.53. The average Bonchev–Trinajstić information content (AvgIpc) is 3.22. The summed E-state index contributed by atoms with van der Waals surface area (Å²) in [7, 11) is 0. The monoisotopic (exact) mass is 422 g/mol. The van der Waals surface area contributed by atoms with Crippen molar-refractivity contribution in [1.29, 1.82) is 0 Å². The Balaban J connectivity index is 1.45. The van der Waals surface area contributed by atoms with Crippen LogP contribution in [-0.2, 0) is 22.4 Å². The number of carbonyl (C=O) groups excluding carboxylic acids is 1. The summed E-state index contributed by atoms with van der Waals surface area (Å²) in [5.41, 5.74) is 0. The number of ether oxygens (including phenoxy) is 1. The normalized spacial score (nSPS) is 18.9. The largest absolute Gasteiger partial charge is 0.378 e. The van der Waals surface area contributed by atoms with Crippen LogP contribution in [0, 0.1) is 0 Å². The van der Waals surface area contributed by atoms with Gasteiger partial charge >= 0.3 is 0 Å². The van der Waals surface area contributed by atoms with Crippen molar-refractivity contribution in [2.75, 3.05) is 72.1 Å². The van der Waals surface area contributed by atoms with Gasteiger partial charge in [-0.25, -0.2) is 4.98 Å². The van der Waals surface area contributed by atoms with Crippen molar-refractivity contribution in [3.05, 3.63) is 16.1 Å². The van der Waals surface area contributed by atoms with Gasteiger partial charge in [0.15, 0.2) is 5.96 Å². The third kappa shape index (κ3) is 6.65. The first kappa shape index (κ1) is 22.0. The lowest BCUT2D eigenvalue weighted by molar-refractivity contribution is -0.136. The van der Waals surface area contributed by atoms with E-state index in [1.54, 1.807) is 11.3 Å². The number of amides is 1. The van der Waals surface area contributed by atoms with Crippen LogP contribution in [0.2, 0.25) is 0 Å².